The van der Waals surface area contributed by atoms with Crippen LogP contribution in [-0.2, 0) is 11.1 Å². The van der Waals surface area contributed by atoms with Gasteiger partial charge in [0, 0.05) is 5.56 Å². The van der Waals surface area contributed by atoms with Crippen LogP contribution in [0.5, 0.6) is 5.75 Å². The van der Waals surface area contributed by atoms with Gasteiger partial charge in [-0.2, -0.15) is 8.78 Å². The van der Waals surface area contributed by atoms with E-state index in [0.29, 0.717) is 12.3 Å². The van der Waals surface area contributed by atoms with E-state index in [4.69, 9.17) is 9.39 Å². The second-order valence-electron chi connectivity index (χ2n) is 7.95. The van der Waals surface area contributed by atoms with E-state index in [9.17, 15) is 8.78 Å². The summed E-state index contributed by atoms with van der Waals surface area (Å²) in [6.07, 6.45) is -0.980. The third-order valence-corrected chi connectivity index (χ3v) is 5.27. The molecule has 1 aliphatic carbocycles. The van der Waals surface area contributed by atoms with Gasteiger partial charge in [-0.25, -0.2) is 0 Å². The van der Waals surface area contributed by atoms with E-state index < -0.39 is 6.11 Å². The molecule has 5 heteroatoms. The quantitative estimate of drug-likeness (QED) is 0.770. The van der Waals surface area contributed by atoms with Gasteiger partial charge in [0.2, 0.25) is 0 Å². The third kappa shape index (κ3) is 2.77. The minimum absolute atomic E-state index is 0.00205. The van der Waals surface area contributed by atoms with Crippen LogP contribution in [0.2, 0.25) is 0 Å². The summed E-state index contributed by atoms with van der Waals surface area (Å²) in [5.41, 5.74) is 2.29. The van der Waals surface area contributed by atoms with Crippen molar-refractivity contribution in [2.75, 3.05) is 0 Å². The maximum absolute atomic E-state index is 13.7. The summed E-state index contributed by atoms with van der Waals surface area (Å²) in [5.74, 6) is 0.861. The highest BCUT2D eigenvalue weighted by atomic mass is 19.3. The van der Waals surface area contributed by atoms with Crippen LogP contribution in [0.3, 0.4) is 0 Å². The number of allylic oxidation sites excluding steroid dienone is 1. The van der Waals surface area contributed by atoms with Crippen molar-refractivity contribution >= 4 is 12.9 Å². The third-order valence-electron chi connectivity index (χ3n) is 5.27. The van der Waals surface area contributed by atoms with Gasteiger partial charge in [0.25, 0.3) is 0 Å². The molecule has 0 fully saturated rings. The van der Waals surface area contributed by atoms with Gasteiger partial charge < -0.3 is 9.39 Å². The summed E-state index contributed by atoms with van der Waals surface area (Å²) in [6.45, 7) is 12.5. The predicted octanol–water partition coefficient (Wildman–Crippen LogP) is 4.18. The molecule has 0 saturated carbocycles. The molecule has 0 aromatic heterocycles. The number of halogens is 2. The van der Waals surface area contributed by atoms with Gasteiger partial charge in [0.1, 0.15) is 5.75 Å². The van der Waals surface area contributed by atoms with Crippen molar-refractivity contribution in [3.8, 4) is 5.75 Å². The standard InChI is InChI=1S/C19H23BF2O2/c1-7-11-14(20-24-18(5,6)17(2,3)4)8-9-15-16(11)12-10-13(12)19(21,22)23-15/h8-10H,7H2,1-6H3. The lowest BCUT2D eigenvalue weighted by Gasteiger charge is -2.39. The zero-order valence-corrected chi connectivity index (χ0v) is 15.1. The monoisotopic (exact) mass is 332 g/mol. The average Bonchev–Trinajstić information content (AvgIpc) is 3.24. The summed E-state index contributed by atoms with van der Waals surface area (Å²) in [7, 11) is 1.75. The molecule has 0 bridgehead atoms. The molecule has 0 amide bonds. The first-order valence-corrected chi connectivity index (χ1v) is 8.31. The molecule has 1 aromatic carbocycles. The number of hydrogen-bond donors (Lipinski definition) is 0. The van der Waals surface area contributed by atoms with Crippen molar-refractivity contribution in [3.05, 3.63) is 40.8 Å². The first-order valence-electron chi connectivity index (χ1n) is 8.31. The number of hydrogen-bond acceptors (Lipinski definition) is 2. The van der Waals surface area contributed by atoms with Gasteiger partial charge in [-0.1, -0.05) is 39.8 Å². The molecule has 2 radical (unpaired) electrons. The molecule has 1 heterocycles. The number of benzene rings is 1. The predicted molar refractivity (Wildman–Crippen MR) is 91.8 cm³/mol. The van der Waals surface area contributed by atoms with E-state index in [1.54, 1.807) is 19.6 Å². The van der Waals surface area contributed by atoms with Gasteiger partial charge in [0.05, 0.1) is 17.1 Å². The lowest BCUT2D eigenvalue weighted by Crippen LogP contribution is -2.43. The van der Waals surface area contributed by atoms with E-state index in [1.165, 1.54) is 6.08 Å². The zero-order chi connectivity index (χ0) is 17.9. The highest BCUT2D eigenvalue weighted by Crippen LogP contribution is 2.55. The van der Waals surface area contributed by atoms with E-state index in [2.05, 4.69) is 20.8 Å². The van der Waals surface area contributed by atoms with Crippen molar-refractivity contribution in [1.82, 2.24) is 0 Å². The van der Waals surface area contributed by atoms with Crippen LogP contribution in [0.1, 0.15) is 52.7 Å². The lowest BCUT2D eigenvalue weighted by molar-refractivity contribution is -0.140. The van der Waals surface area contributed by atoms with E-state index in [1.807, 2.05) is 20.8 Å². The largest absolute Gasteiger partial charge is 0.429 e. The average molecular weight is 332 g/mol. The van der Waals surface area contributed by atoms with Crippen molar-refractivity contribution in [2.45, 2.75) is 59.7 Å². The maximum atomic E-state index is 13.7. The SMILES string of the molecule is CCc1c([B]OC(C)(C)C(C)(C)C)ccc2c1[C]1C=C1C(F)(F)O2. The van der Waals surface area contributed by atoms with Crippen molar-refractivity contribution in [3.63, 3.8) is 0 Å². The Labute approximate surface area is 143 Å². The Kier molecular flexibility index (Phi) is 3.87. The fourth-order valence-corrected chi connectivity index (χ4v) is 2.65. The molecular weight excluding hydrogens is 309 g/mol. The molecular formula is C19H23BF2O2. The molecule has 128 valence electrons. The van der Waals surface area contributed by atoms with E-state index in [-0.39, 0.29) is 22.3 Å². The molecule has 24 heavy (non-hydrogen) atoms. The summed E-state index contributed by atoms with van der Waals surface area (Å²) >= 11 is 0. The number of alkyl halides is 2. The highest BCUT2D eigenvalue weighted by molar-refractivity contribution is 6.48. The van der Waals surface area contributed by atoms with Gasteiger partial charge in [0.15, 0.2) is 0 Å². The van der Waals surface area contributed by atoms with Crippen molar-refractivity contribution < 1.29 is 18.2 Å². The van der Waals surface area contributed by atoms with E-state index >= 15 is 0 Å². The van der Waals surface area contributed by atoms with Crippen molar-refractivity contribution in [2.24, 2.45) is 5.41 Å². The second kappa shape index (κ2) is 5.32. The van der Waals surface area contributed by atoms with Crippen LogP contribution in [0.15, 0.2) is 23.8 Å². The number of ether oxygens (including phenoxy) is 1. The fraction of sp³-hybridized carbons (Fsp3) is 0.526. The molecule has 3 rings (SSSR count). The molecule has 1 aliphatic heterocycles. The maximum Gasteiger partial charge on any atom is 0.423 e. The molecule has 0 saturated heterocycles. The molecule has 0 atom stereocenters. The molecule has 0 spiro atoms. The van der Waals surface area contributed by atoms with Crippen LogP contribution < -0.4 is 10.2 Å². The molecule has 0 N–H and O–H groups in total. The van der Waals surface area contributed by atoms with Crippen LogP contribution in [-0.4, -0.2) is 19.2 Å². The Balaban J connectivity index is 1.89. The Hall–Kier alpha value is -1.36. The first-order chi connectivity index (χ1) is 11.0. The minimum Gasteiger partial charge on any atom is -0.429 e. The topological polar surface area (TPSA) is 18.5 Å². The summed E-state index contributed by atoms with van der Waals surface area (Å²) < 4.78 is 38.4. The molecule has 0 unspecified atom stereocenters. The van der Waals surface area contributed by atoms with Crippen LogP contribution in [0.4, 0.5) is 8.78 Å². The van der Waals surface area contributed by atoms with Gasteiger partial charge in [-0.05, 0) is 42.8 Å². The summed E-state index contributed by atoms with van der Waals surface area (Å²) in [5, 5.41) is 0. The normalized spacial score (nSPS) is 19.1. The van der Waals surface area contributed by atoms with Crippen molar-refractivity contribution in [1.29, 1.82) is 0 Å². The smallest absolute Gasteiger partial charge is 0.423 e. The molecule has 1 aromatic rings. The second-order valence-corrected chi connectivity index (χ2v) is 7.95. The lowest BCUT2D eigenvalue weighted by atomic mass is 9.74. The Morgan fingerprint density at radius 3 is 2.42 bits per heavy atom. The zero-order valence-electron chi connectivity index (χ0n) is 15.1. The first kappa shape index (κ1) is 17.5. The minimum atomic E-state index is -3.21. The van der Waals surface area contributed by atoms with Crippen LogP contribution in [0, 0.1) is 11.3 Å². The van der Waals surface area contributed by atoms with Gasteiger partial charge in [-0.3, -0.25) is 0 Å². The Morgan fingerprint density at radius 2 is 1.83 bits per heavy atom. The molecule has 2 aliphatic rings. The van der Waals surface area contributed by atoms with Crippen LogP contribution in [0.25, 0.3) is 0 Å². The summed E-state index contributed by atoms with van der Waals surface area (Å²) in [6, 6.07) is 3.40. The summed E-state index contributed by atoms with van der Waals surface area (Å²) in [4.78, 5) is 0. The Bertz CT molecular complexity index is 702. The highest BCUT2D eigenvalue weighted by Gasteiger charge is 2.55. The molecule has 2 nitrogen and oxygen atoms in total. The number of rotatable bonds is 4. The fourth-order valence-electron chi connectivity index (χ4n) is 2.65. The van der Waals surface area contributed by atoms with E-state index in [0.717, 1.165) is 16.6 Å². The Morgan fingerprint density at radius 1 is 1.17 bits per heavy atom. The van der Waals surface area contributed by atoms with Crippen LogP contribution >= 0.6 is 0 Å². The number of fused-ring (bicyclic) bond motifs is 3. The van der Waals surface area contributed by atoms with Gasteiger partial charge >= 0.3 is 13.6 Å². The van der Waals surface area contributed by atoms with Gasteiger partial charge in [-0.15, -0.1) is 0 Å².